The van der Waals surface area contributed by atoms with Crippen LogP contribution in [0.2, 0.25) is 0 Å². The van der Waals surface area contributed by atoms with E-state index in [-0.39, 0.29) is 29.1 Å². The quantitative estimate of drug-likeness (QED) is 0.564. The van der Waals surface area contributed by atoms with Gasteiger partial charge in [-0.05, 0) is 18.2 Å². The Morgan fingerprint density at radius 3 is 2.57 bits per heavy atom. The highest BCUT2D eigenvalue weighted by atomic mass is 19.1. The van der Waals surface area contributed by atoms with Gasteiger partial charge in [-0.1, -0.05) is 0 Å². The van der Waals surface area contributed by atoms with Crippen LogP contribution in [0.5, 0.6) is 11.5 Å². The van der Waals surface area contributed by atoms with Crippen molar-refractivity contribution in [2.75, 3.05) is 46.0 Å². The topological polar surface area (TPSA) is 87.0 Å². The summed E-state index contributed by atoms with van der Waals surface area (Å²) in [6.07, 6.45) is -0.0666. The van der Waals surface area contributed by atoms with Crippen LogP contribution in [-0.4, -0.2) is 66.1 Å². The minimum atomic E-state index is -0.330. The molecule has 5 heterocycles. The van der Waals surface area contributed by atoms with E-state index in [0.717, 1.165) is 11.9 Å². The lowest BCUT2D eigenvalue weighted by Crippen LogP contribution is -2.48. The van der Waals surface area contributed by atoms with Crippen LogP contribution >= 0.6 is 0 Å². The SMILES string of the molecule is O=c1ccc2ccc(=O)n3c2n1C[C@H]3CN1CCO[C@@H](CNCc2cc3c(cc2F)OCCO3)C1. The normalized spacial score (nSPS) is 21.5. The number of nitrogens with zero attached hydrogens (tertiary/aromatic N) is 3. The Balaban J connectivity index is 1.09. The molecule has 1 fully saturated rings. The zero-order valence-electron chi connectivity index (χ0n) is 19.2. The highest BCUT2D eigenvalue weighted by Gasteiger charge is 2.30. The molecule has 10 heteroatoms. The van der Waals surface area contributed by atoms with E-state index in [1.165, 1.54) is 6.07 Å². The molecule has 35 heavy (non-hydrogen) atoms. The first kappa shape index (κ1) is 22.3. The van der Waals surface area contributed by atoms with E-state index in [1.54, 1.807) is 39.5 Å². The van der Waals surface area contributed by atoms with Crippen molar-refractivity contribution in [2.45, 2.75) is 25.2 Å². The van der Waals surface area contributed by atoms with E-state index in [1.807, 2.05) is 0 Å². The van der Waals surface area contributed by atoms with Crippen molar-refractivity contribution in [1.29, 1.82) is 0 Å². The molecule has 2 aromatic heterocycles. The fourth-order valence-electron chi connectivity index (χ4n) is 5.27. The number of nitrogens with one attached hydrogen (secondary N) is 1. The summed E-state index contributed by atoms with van der Waals surface area (Å²) >= 11 is 0. The Labute approximate surface area is 200 Å². The van der Waals surface area contributed by atoms with Gasteiger partial charge in [0.05, 0.1) is 18.8 Å². The maximum absolute atomic E-state index is 14.4. The number of pyridine rings is 2. The molecule has 0 spiro atoms. The Morgan fingerprint density at radius 2 is 1.74 bits per heavy atom. The Morgan fingerprint density at radius 1 is 0.971 bits per heavy atom. The van der Waals surface area contributed by atoms with Crippen LogP contribution in [0.25, 0.3) is 11.0 Å². The summed E-state index contributed by atoms with van der Waals surface area (Å²) in [5.41, 5.74) is 1.04. The summed E-state index contributed by atoms with van der Waals surface area (Å²) in [5, 5.41) is 4.18. The van der Waals surface area contributed by atoms with E-state index in [2.05, 4.69) is 10.2 Å². The smallest absolute Gasteiger partial charge is 0.252 e. The van der Waals surface area contributed by atoms with E-state index in [0.29, 0.717) is 75.3 Å². The number of hydrogen-bond acceptors (Lipinski definition) is 7. The minimum absolute atomic E-state index is 0.0666. The number of benzene rings is 1. The van der Waals surface area contributed by atoms with Crippen LogP contribution in [0.15, 0.2) is 46.0 Å². The zero-order chi connectivity index (χ0) is 23.9. The molecule has 1 aromatic carbocycles. The van der Waals surface area contributed by atoms with Crippen molar-refractivity contribution in [3.8, 4) is 11.5 Å². The molecule has 1 saturated heterocycles. The lowest BCUT2D eigenvalue weighted by Gasteiger charge is -2.34. The maximum atomic E-state index is 14.4. The van der Waals surface area contributed by atoms with Crippen LogP contribution in [0.1, 0.15) is 11.6 Å². The largest absolute Gasteiger partial charge is 0.486 e. The monoisotopic (exact) mass is 482 g/mol. The van der Waals surface area contributed by atoms with Gasteiger partial charge >= 0.3 is 0 Å². The van der Waals surface area contributed by atoms with Crippen molar-refractivity contribution in [3.05, 3.63) is 68.5 Å². The third-order valence-corrected chi connectivity index (χ3v) is 6.91. The second kappa shape index (κ2) is 9.10. The van der Waals surface area contributed by atoms with E-state index in [4.69, 9.17) is 14.2 Å². The van der Waals surface area contributed by atoms with Gasteiger partial charge in [0, 0.05) is 68.4 Å². The summed E-state index contributed by atoms with van der Waals surface area (Å²) in [6, 6.07) is 9.61. The lowest BCUT2D eigenvalue weighted by atomic mass is 10.1. The molecule has 0 amide bonds. The molecule has 0 radical (unpaired) electrons. The van der Waals surface area contributed by atoms with E-state index < -0.39 is 0 Å². The first-order chi connectivity index (χ1) is 17.1. The summed E-state index contributed by atoms with van der Waals surface area (Å²) in [5.74, 6) is 0.676. The molecule has 3 aromatic rings. The molecule has 1 N–H and O–H groups in total. The average Bonchev–Trinajstić information content (AvgIpc) is 3.24. The Bertz CT molecular complexity index is 1380. The summed E-state index contributed by atoms with van der Waals surface area (Å²) < 4.78 is 34.8. The third-order valence-electron chi connectivity index (χ3n) is 6.91. The molecule has 2 atom stereocenters. The van der Waals surface area contributed by atoms with Crippen molar-refractivity contribution in [1.82, 2.24) is 19.4 Å². The molecule has 0 aliphatic carbocycles. The number of morpholine rings is 1. The van der Waals surface area contributed by atoms with Gasteiger partial charge < -0.3 is 19.5 Å². The van der Waals surface area contributed by atoms with Gasteiger partial charge in [0.1, 0.15) is 24.7 Å². The molecule has 9 nitrogen and oxygen atoms in total. The number of fused-ring (bicyclic) bond motifs is 1. The summed E-state index contributed by atoms with van der Waals surface area (Å²) in [4.78, 5) is 27.3. The van der Waals surface area contributed by atoms with Gasteiger partial charge in [0.15, 0.2) is 11.5 Å². The molecule has 6 rings (SSSR count). The first-order valence-electron chi connectivity index (χ1n) is 11.9. The van der Waals surface area contributed by atoms with Gasteiger partial charge in [-0.2, -0.15) is 0 Å². The molecule has 0 saturated carbocycles. The Kier molecular flexibility index (Phi) is 5.79. The average molecular weight is 483 g/mol. The molecule has 3 aliphatic heterocycles. The summed E-state index contributed by atoms with van der Waals surface area (Å²) in [7, 11) is 0. The number of hydrogen-bond donors (Lipinski definition) is 1. The number of ether oxygens (including phenoxy) is 3. The number of aromatic nitrogens is 2. The van der Waals surface area contributed by atoms with Crippen LogP contribution in [0, 0.1) is 5.82 Å². The predicted molar refractivity (Wildman–Crippen MR) is 127 cm³/mol. The van der Waals surface area contributed by atoms with Crippen LogP contribution < -0.4 is 25.9 Å². The molecular weight excluding hydrogens is 455 g/mol. The summed E-state index contributed by atoms with van der Waals surface area (Å²) in [6.45, 7) is 4.93. The molecule has 0 bridgehead atoms. The maximum Gasteiger partial charge on any atom is 0.252 e. The van der Waals surface area contributed by atoms with Gasteiger partial charge in [-0.25, -0.2) is 4.39 Å². The molecule has 0 unspecified atom stereocenters. The van der Waals surface area contributed by atoms with E-state index in [9.17, 15) is 14.0 Å². The first-order valence-corrected chi connectivity index (χ1v) is 11.9. The van der Waals surface area contributed by atoms with Crippen LogP contribution in [-0.2, 0) is 17.8 Å². The van der Waals surface area contributed by atoms with E-state index >= 15 is 0 Å². The molecule has 184 valence electrons. The zero-order valence-corrected chi connectivity index (χ0v) is 19.2. The fourth-order valence-corrected chi connectivity index (χ4v) is 5.27. The minimum Gasteiger partial charge on any atom is -0.486 e. The van der Waals surface area contributed by atoms with Gasteiger partial charge in [-0.3, -0.25) is 23.6 Å². The van der Waals surface area contributed by atoms with Crippen molar-refractivity contribution < 1.29 is 18.6 Å². The van der Waals surface area contributed by atoms with Crippen LogP contribution in [0.4, 0.5) is 4.39 Å². The second-order valence-corrected chi connectivity index (χ2v) is 9.23. The number of halogens is 1. The van der Waals surface area contributed by atoms with Crippen molar-refractivity contribution >= 4 is 11.0 Å². The highest BCUT2D eigenvalue weighted by molar-refractivity contribution is 5.76. The molecular formula is C25H27FN4O5. The fraction of sp³-hybridized carbons (Fsp3) is 0.440. The lowest BCUT2D eigenvalue weighted by molar-refractivity contribution is -0.0311. The third kappa shape index (κ3) is 4.22. The standard InChI is InChI=1S/C25H27FN4O5/c26-20-10-22-21(34-7-8-35-22)9-17(20)11-27-12-19-15-28(5-6-33-19)13-18-14-29-23(31)3-1-16-2-4-24(32)30(18)25(16)29/h1-4,9-10,18-19,27H,5-8,11-15H2/t18-,19+/m1/s1. The molecule has 3 aliphatic rings. The van der Waals surface area contributed by atoms with Crippen molar-refractivity contribution in [2.24, 2.45) is 0 Å². The van der Waals surface area contributed by atoms with Crippen molar-refractivity contribution in [3.63, 3.8) is 0 Å². The highest BCUT2D eigenvalue weighted by Crippen LogP contribution is 2.32. The van der Waals surface area contributed by atoms with Gasteiger partial charge in [-0.15, -0.1) is 0 Å². The van der Waals surface area contributed by atoms with Gasteiger partial charge in [0.25, 0.3) is 11.1 Å². The Hall–Kier alpha value is -3.21. The van der Waals surface area contributed by atoms with Gasteiger partial charge in [0.2, 0.25) is 0 Å². The second-order valence-electron chi connectivity index (χ2n) is 9.23. The number of rotatable bonds is 6. The predicted octanol–water partition coefficient (Wildman–Crippen LogP) is 1.12. The van der Waals surface area contributed by atoms with Crippen LogP contribution in [0.3, 0.4) is 0 Å².